The van der Waals surface area contributed by atoms with Crippen molar-refractivity contribution in [2.45, 2.75) is 19.9 Å². The van der Waals surface area contributed by atoms with Crippen LogP contribution in [0.2, 0.25) is 0 Å². The fourth-order valence-corrected chi connectivity index (χ4v) is 2.22. The molecule has 1 aliphatic rings. The largest absolute Gasteiger partial charge is 0.326 e. The molecule has 0 aliphatic heterocycles. The van der Waals surface area contributed by atoms with Crippen LogP contribution in [0.3, 0.4) is 0 Å². The number of carbonyl (C=O) groups is 1. The van der Waals surface area contributed by atoms with Crippen LogP contribution in [0.15, 0.2) is 66.3 Å². The summed E-state index contributed by atoms with van der Waals surface area (Å²) in [6.45, 7) is 6.48. The second-order valence-corrected chi connectivity index (χ2v) is 4.82. The van der Waals surface area contributed by atoms with Gasteiger partial charge in [-0.1, -0.05) is 49.1 Å². The third-order valence-electron chi connectivity index (χ3n) is 3.37. The molecule has 0 atom stereocenters. The minimum Gasteiger partial charge on any atom is -0.326 e. The van der Waals surface area contributed by atoms with E-state index in [9.17, 15) is 4.79 Å². The van der Waals surface area contributed by atoms with Gasteiger partial charge in [-0.3, -0.25) is 4.79 Å². The number of hydrogen-bond donors (Lipinski definition) is 1. The summed E-state index contributed by atoms with van der Waals surface area (Å²) in [6, 6.07) is 8.01. The number of ketones is 1. The van der Waals surface area contributed by atoms with Gasteiger partial charge in [0.25, 0.3) is 0 Å². The first-order chi connectivity index (χ1) is 9.65. The Morgan fingerprint density at radius 3 is 2.55 bits per heavy atom. The Labute approximate surface area is 120 Å². The molecule has 0 saturated carbocycles. The predicted octanol–water partition coefficient (Wildman–Crippen LogP) is 3.56. The van der Waals surface area contributed by atoms with Crippen molar-refractivity contribution in [1.82, 2.24) is 0 Å². The molecule has 1 aliphatic carbocycles. The van der Waals surface area contributed by atoms with Gasteiger partial charge in [-0.15, -0.1) is 0 Å². The lowest BCUT2D eigenvalue weighted by molar-refractivity contribution is -0.111. The Morgan fingerprint density at radius 2 is 2.00 bits per heavy atom. The van der Waals surface area contributed by atoms with Crippen molar-refractivity contribution in [3.8, 4) is 0 Å². The maximum absolute atomic E-state index is 12.2. The van der Waals surface area contributed by atoms with Gasteiger partial charge in [0.2, 0.25) is 0 Å². The van der Waals surface area contributed by atoms with Gasteiger partial charge in [0.05, 0.1) is 0 Å². The molecule has 0 aromatic heterocycles. The summed E-state index contributed by atoms with van der Waals surface area (Å²) in [7, 11) is 0. The molecule has 102 valence electrons. The van der Waals surface area contributed by atoms with Crippen LogP contribution in [-0.4, -0.2) is 5.78 Å². The number of benzene rings is 1. The maximum atomic E-state index is 12.2. The molecule has 2 heteroatoms. The van der Waals surface area contributed by atoms with Crippen molar-refractivity contribution < 1.29 is 4.79 Å². The molecule has 0 bridgehead atoms. The topological polar surface area (TPSA) is 43.1 Å². The number of carbonyl (C=O) groups excluding carboxylic acids is 1. The van der Waals surface area contributed by atoms with Crippen LogP contribution in [0.1, 0.15) is 24.5 Å². The highest BCUT2D eigenvalue weighted by Crippen LogP contribution is 2.31. The molecular formula is C18H19NO. The van der Waals surface area contributed by atoms with E-state index in [0.717, 1.165) is 22.3 Å². The van der Waals surface area contributed by atoms with E-state index in [0.29, 0.717) is 18.5 Å². The highest BCUT2D eigenvalue weighted by atomic mass is 16.1. The normalized spacial score (nSPS) is 17.9. The first kappa shape index (κ1) is 14.2. The highest BCUT2D eigenvalue weighted by molar-refractivity contribution is 6.13. The van der Waals surface area contributed by atoms with Crippen molar-refractivity contribution in [2.75, 3.05) is 0 Å². The molecule has 0 amide bonds. The summed E-state index contributed by atoms with van der Waals surface area (Å²) in [4.78, 5) is 12.2. The van der Waals surface area contributed by atoms with Crippen LogP contribution in [0.25, 0.3) is 5.57 Å². The average Bonchev–Trinajstić information content (AvgIpc) is 2.46. The zero-order valence-corrected chi connectivity index (χ0v) is 11.7. The Balaban J connectivity index is 2.31. The molecule has 0 fully saturated rings. The number of rotatable bonds is 3. The fourth-order valence-electron chi connectivity index (χ4n) is 2.22. The van der Waals surface area contributed by atoms with Gasteiger partial charge in [0.1, 0.15) is 0 Å². The molecule has 0 saturated heterocycles. The SMILES string of the molecule is C=C1CC(c2ccc(CN)cc2)=CC(=O)/C1=C/C=C\C. The predicted molar refractivity (Wildman–Crippen MR) is 84.0 cm³/mol. The number of hydrogen-bond acceptors (Lipinski definition) is 2. The highest BCUT2D eigenvalue weighted by Gasteiger charge is 2.19. The van der Waals surface area contributed by atoms with Gasteiger partial charge in [-0.05, 0) is 41.7 Å². The van der Waals surface area contributed by atoms with E-state index in [1.165, 1.54) is 0 Å². The molecule has 20 heavy (non-hydrogen) atoms. The molecule has 1 aromatic rings. The van der Waals surface area contributed by atoms with Crippen molar-refractivity contribution >= 4 is 11.4 Å². The van der Waals surface area contributed by atoms with Gasteiger partial charge in [-0.25, -0.2) is 0 Å². The minimum absolute atomic E-state index is 0.0252. The molecule has 2 rings (SSSR count). The van der Waals surface area contributed by atoms with E-state index in [2.05, 4.69) is 6.58 Å². The first-order valence-corrected chi connectivity index (χ1v) is 6.71. The van der Waals surface area contributed by atoms with E-state index >= 15 is 0 Å². The standard InChI is InChI=1S/C18H19NO/c1-3-4-5-17-13(2)10-16(11-18(17)20)15-8-6-14(12-19)7-9-15/h3-9,11H,2,10,12,19H2,1H3/b4-3-,17-5+. The number of nitrogens with two attached hydrogens (primary N) is 1. The third-order valence-corrected chi connectivity index (χ3v) is 3.37. The van der Waals surface area contributed by atoms with Crippen molar-refractivity contribution in [3.63, 3.8) is 0 Å². The number of allylic oxidation sites excluding steroid dienone is 7. The molecule has 0 radical (unpaired) electrons. The monoisotopic (exact) mass is 265 g/mol. The summed E-state index contributed by atoms with van der Waals surface area (Å²) in [5.74, 6) is 0.0252. The lowest BCUT2D eigenvalue weighted by atomic mass is 9.86. The minimum atomic E-state index is 0.0252. The van der Waals surface area contributed by atoms with E-state index in [4.69, 9.17) is 5.73 Å². The maximum Gasteiger partial charge on any atom is 0.186 e. The average molecular weight is 265 g/mol. The van der Waals surface area contributed by atoms with E-state index in [1.807, 2.05) is 49.4 Å². The van der Waals surface area contributed by atoms with Gasteiger partial charge in [0.15, 0.2) is 5.78 Å². The summed E-state index contributed by atoms with van der Waals surface area (Å²) >= 11 is 0. The van der Waals surface area contributed by atoms with Crippen LogP contribution >= 0.6 is 0 Å². The molecule has 2 N–H and O–H groups in total. The summed E-state index contributed by atoms with van der Waals surface area (Å²) in [5.41, 5.74) is 10.3. The molecule has 0 heterocycles. The second-order valence-electron chi connectivity index (χ2n) is 4.82. The Hall–Kier alpha value is -2.19. The van der Waals surface area contributed by atoms with Crippen LogP contribution in [-0.2, 0) is 11.3 Å². The van der Waals surface area contributed by atoms with E-state index < -0.39 is 0 Å². The van der Waals surface area contributed by atoms with Crippen LogP contribution in [0.5, 0.6) is 0 Å². The second kappa shape index (κ2) is 6.31. The van der Waals surface area contributed by atoms with E-state index in [1.54, 1.807) is 6.08 Å². The lowest BCUT2D eigenvalue weighted by Crippen LogP contribution is -2.09. The van der Waals surface area contributed by atoms with Crippen LogP contribution < -0.4 is 5.73 Å². The Kier molecular flexibility index (Phi) is 4.49. The third kappa shape index (κ3) is 3.03. The van der Waals surface area contributed by atoms with Crippen LogP contribution in [0, 0.1) is 0 Å². The Morgan fingerprint density at radius 1 is 1.30 bits per heavy atom. The van der Waals surface area contributed by atoms with Crippen molar-refractivity contribution in [1.29, 1.82) is 0 Å². The van der Waals surface area contributed by atoms with Crippen molar-refractivity contribution in [3.05, 3.63) is 77.4 Å². The molecule has 1 aromatic carbocycles. The quantitative estimate of drug-likeness (QED) is 0.849. The summed E-state index contributed by atoms with van der Waals surface area (Å²) in [6.07, 6.45) is 8.01. The summed E-state index contributed by atoms with van der Waals surface area (Å²) in [5, 5.41) is 0. The van der Waals surface area contributed by atoms with Gasteiger partial charge in [-0.2, -0.15) is 0 Å². The zero-order chi connectivity index (χ0) is 14.5. The van der Waals surface area contributed by atoms with Gasteiger partial charge < -0.3 is 5.73 Å². The smallest absolute Gasteiger partial charge is 0.186 e. The first-order valence-electron chi connectivity index (χ1n) is 6.71. The van der Waals surface area contributed by atoms with E-state index in [-0.39, 0.29) is 5.78 Å². The fraction of sp³-hybridized carbons (Fsp3) is 0.167. The van der Waals surface area contributed by atoms with Crippen molar-refractivity contribution in [2.24, 2.45) is 5.73 Å². The van der Waals surface area contributed by atoms with Crippen LogP contribution in [0.4, 0.5) is 0 Å². The van der Waals surface area contributed by atoms with Gasteiger partial charge in [0, 0.05) is 12.1 Å². The Bertz CT molecular complexity index is 615. The zero-order valence-electron chi connectivity index (χ0n) is 11.7. The molecule has 0 spiro atoms. The molecule has 2 nitrogen and oxygen atoms in total. The molecule has 0 unspecified atom stereocenters. The lowest BCUT2D eigenvalue weighted by Gasteiger charge is -2.17. The van der Waals surface area contributed by atoms with Gasteiger partial charge >= 0.3 is 0 Å². The molecular weight excluding hydrogens is 246 g/mol. The summed E-state index contributed by atoms with van der Waals surface area (Å²) < 4.78 is 0.